The lowest BCUT2D eigenvalue weighted by atomic mass is 10.0. The van der Waals surface area contributed by atoms with E-state index in [1.165, 1.54) is 12.8 Å². The summed E-state index contributed by atoms with van der Waals surface area (Å²) in [6, 6.07) is 10.2. The van der Waals surface area contributed by atoms with Crippen LogP contribution >= 0.6 is 0 Å². The largest absolute Gasteiger partial charge is 0.329 e. The average molecular weight is 308 g/mol. The predicted molar refractivity (Wildman–Crippen MR) is 87.1 cm³/mol. The number of rotatable bonds is 3. The van der Waals surface area contributed by atoms with Gasteiger partial charge in [-0.15, -0.1) is 0 Å². The number of hydrogen-bond donors (Lipinski definition) is 1. The van der Waals surface area contributed by atoms with Crippen LogP contribution in [0, 0.1) is 0 Å². The van der Waals surface area contributed by atoms with Crippen molar-refractivity contribution < 1.29 is 4.79 Å². The number of nitrogens with one attached hydrogen (secondary N) is 1. The predicted octanol–water partition coefficient (Wildman–Crippen LogP) is 2.14. The van der Waals surface area contributed by atoms with Crippen LogP contribution in [0.25, 0.3) is 0 Å². The minimum absolute atomic E-state index is 0.0164. The van der Waals surface area contributed by atoms with Gasteiger partial charge in [0, 0.05) is 37.9 Å². The first-order valence-electron chi connectivity index (χ1n) is 8.21. The van der Waals surface area contributed by atoms with Crippen molar-refractivity contribution >= 4 is 5.91 Å². The molecule has 1 atom stereocenters. The fraction of sp³-hybridized carbons (Fsp3) is 0.389. The number of piperazine rings is 1. The van der Waals surface area contributed by atoms with Crippen LogP contribution < -0.4 is 5.32 Å². The van der Waals surface area contributed by atoms with Crippen molar-refractivity contribution in [2.45, 2.75) is 24.8 Å². The summed E-state index contributed by atoms with van der Waals surface area (Å²) < 4.78 is 0. The van der Waals surface area contributed by atoms with E-state index in [9.17, 15) is 4.79 Å². The number of carbonyl (C=O) groups excluding carboxylic acids is 1. The second kappa shape index (κ2) is 6.08. The van der Waals surface area contributed by atoms with Gasteiger partial charge < -0.3 is 10.2 Å². The zero-order valence-corrected chi connectivity index (χ0v) is 13.0. The van der Waals surface area contributed by atoms with Crippen molar-refractivity contribution in [2.75, 3.05) is 19.6 Å². The molecule has 0 radical (unpaired) electrons. The highest BCUT2D eigenvalue weighted by atomic mass is 16.2. The van der Waals surface area contributed by atoms with Crippen LogP contribution in [0.3, 0.4) is 0 Å². The molecule has 1 N–H and O–H groups in total. The van der Waals surface area contributed by atoms with Gasteiger partial charge in [-0.1, -0.05) is 30.3 Å². The van der Waals surface area contributed by atoms with Gasteiger partial charge in [0.1, 0.15) is 5.82 Å². The van der Waals surface area contributed by atoms with Crippen LogP contribution in [0.4, 0.5) is 0 Å². The third-order valence-corrected chi connectivity index (χ3v) is 4.55. The molecular weight excluding hydrogens is 288 g/mol. The lowest BCUT2D eigenvalue weighted by Gasteiger charge is -2.36. The summed E-state index contributed by atoms with van der Waals surface area (Å²) in [5.74, 6) is 1.40. The fourth-order valence-electron chi connectivity index (χ4n) is 3.09. The van der Waals surface area contributed by atoms with E-state index in [0.29, 0.717) is 18.0 Å². The first kappa shape index (κ1) is 14.3. The van der Waals surface area contributed by atoms with Gasteiger partial charge in [-0.05, 0) is 18.4 Å². The maximum absolute atomic E-state index is 12.9. The number of aromatic nitrogens is 2. The van der Waals surface area contributed by atoms with E-state index in [4.69, 9.17) is 0 Å². The van der Waals surface area contributed by atoms with Crippen LogP contribution in [0.2, 0.25) is 0 Å². The number of carbonyl (C=O) groups is 1. The molecule has 5 heteroatoms. The van der Waals surface area contributed by atoms with E-state index in [0.717, 1.165) is 24.5 Å². The van der Waals surface area contributed by atoms with Crippen molar-refractivity contribution in [3.8, 4) is 0 Å². The zero-order chi connectivity index (χ0) is 15.6. The topological polar surface area (TPSA) is 58.1 Å². The fourth-order valence-corrected chi connectivity index (χ4v) is 3.09. The average Bonchev–Trinajstić information content (AvgIpc) is 3.47. The Morgan fingerprint density at radius 3 is 2.57 bits per heavy atom. The van der Waals surface area contributed by atoms with Crippen molar-refractivity contribution in [3.63, 3.8) is 0 Å². The summed E-state index contributed by atoms with van der Waals surface area (Å²) in [5, 5.41) is 3.38. The van der Waals surface area contributed by atoms with E-state index in [1.807, 2.05) is 23.1 Å². The second-order valence-electron chi connectivity index (χ2n) is 6.23. The van der Waals surface area contributed by atoms with Gasteiger partial charge in [0.2, 0.25) is 0 Å². The van der Waals surface area contributed by atoms with Gasteiger partial charge in [-0.2, -0.15) is 0 Å². The van der Waals surface area contributed by atoms with E-state index in [-0.39, 0.29) is 11.9 Å². The smallest absolute Gasteiger partial charge is 0.257 e. The molecule has 1 aliphatic heterocycles. The van der Waals surface area contributed by atoms with E-state index in [1.54, 1.807) is 12.4 Å². The first-order chi connectivity index (χ1) is 11.3. The summed E-state index contributed by atoms with van der Waals surface area (Å²) in [4.78, 5) is 23.6. The highest BCUT2D eigenvalue weighted by Gasteiger charge is 2.30. The lowest BCUT2D eigenvalue weighted by molar-refractivity contribution is 0.0633. The molecule has 1 amide bonds. The van der Waals surface area contributed by atoms with Crippen LogP contribution in [0.15, 0.2) is 42.7 Å². The molecule has 1 aromatic heterocycles. The molecule has 2 aliphatic rings. The Hall–Kier alpha value is -2.27. The van der Waals surface area contributed by atoms with Gasteiger partial charge in [0.25, 0.3) is 5.91 Å². The Kier molecular flexibility index (Phi) is 3.79. The molecule has 2 fully saturated rings. The Balaban J connectivity index is 1.57. The summed E-state index contributed by atoms with van der Waals surface area (Å²) in [7, 11) is 0. The molecule has 1 aliphatic carbocycles. The monoisotopic (exact) mass is 308 g/mol. The molecule has 5 nitrogen and oxygen atoms in total. The molecule has 2 heterocycles. The van der Waals surface area contributed by atoms with Crippen LogP contribution in [0.1, 0.15) is 46.5 Å². The van der Waals surface area contributed by atoms with E-state index < -0.39 is 0 Å². The van der Waals surface area contributed by atoms with Crippen molar-refractivity contribution in [1.82, 2.24) is 20.2 Å². The Morgan fingerprint density at radius 1 is 1.13 bits per heavy atom. The van der Waals surface area contributed by atoms with E-state index in [2.05, 4.69) is 27.4 Å². The second-order valence-corrected chi connectivity index (χ2v) is 6.23. The van der Waals surface area contributed by atoms with Crippen LogP contribution in [-0.2, 0) is 0 Å². The molecule has 4 rings (SSSR count). The third kappa shape index (κ3) is 2.97. The van der Waals surface area contributed by atoms with E-state index >= 15 is 0 Å². The van der Waals surface area contributed by atoms with Crippen molar-refractivity contribution in [2.24, 2.45) is 0 Å². The summed E-state index contributed by atoms with van der Waals surface area (Å²) >= 11 is 0. The van der Waals surface area contributed by atoms with Gasteiger partial charge in [0.15, 0.2) is 0 Å². The number of hydrogen-bond acceptors (Lipinski definition) is 4. The Bertz CT molecular complexity index is 682. The van der Waals surface area contributed by atoms with Gasteiger partial charge in [-0.3, -0.25) is 4.79 Å². The van der Waals surface area contributed by atoms with Gasteiger partial charge >= 0.3 is 0 Å². The highest BCUT2D eigenvalue weighted by Crippen LogP contribution is 2.37. The number of amides is 1. The third-order valence-electron chi connectivity index (χ3n) is 4.55. The molecule has 1 saturated carbocycles. The van der Waals surface area contributed by atoms with Gasteiger partial charge in [0.05, 0.1) is 11.6 Å². The molecule has 1 aromatic carbocycles. The highest BCUT2D eigenvalue weighted by molar-refractivity contribution is 5.94. The number of nitrogens with zero attached hydrogens (tertiary/aromatic N) is 3. The minimum atomic E-state index is 0.0164. The quantitative estimate of drug-likeness (QED) is 0.944. The molecule has 1 unspecified atom stereocenters. The maximum Gasteiger partial charge on any atom is 0.257 e. The maximum atomic E-state index is 12.9. The Morgan fingerprint density at radius 2 is 1.87 bits per heavy atom. The number of benzene rings is 1. The minimum Gasteiger partial charge on any atom is -0.329 e. The zero-order valence-electron chi connectivity index (χ0n) is 13.0. The molecular formula is C18H20N4O. The van der Waals surface area contributed by atoms with Gasteiger partial charge in [-0.25, -0.2) is 9.97 Å². The Labute approximate surface area is 135 Å². The SMILES string of the molecule is O=C(c1cnc(C2CC2)nc1)N1CCNCC1c1ccccc1. The molecule has 2 aromatic rings. The molecule has 0 spiro atoms. The summed E-state index contributed by atoms with van der Waals surface area (Å²) in [6.45, 7) is 2.29. The molecule has 23 heavy (non-hydrogen) atoms. The lowest BCUT2D eigenvalue weighted by Crippen LogP contribution is -2.48. The normalized spacial score (nSPS) is 21.2. The molecule has 0 bridgehead atoms. The standard InChI is InChI=1S/C18H20N4O/c23-18(15-10-20-17(21-11-15)14-6-7-14)22-9-8-19-12-16(22)13-4-2-1-3-5-13/h1-5,10-11,14,16,19H,6-9,12H2. The van der Waals surface area contributed by atoms with Crippen LogP contribution in [0.5, 0.6) is 0 Å². The first-order valence-corrected chi connectivity index (χ1v) is 8.21. The molecule has 118 valence electrons. The summed E-state index contributed by atoms with van der Waals surface area (Å²) in [6.07, 6.45) is 5.71. The van der Waals surface area contributed by atoms with Crippen LogP contribution in [-0.4, -0.2) is 40.4 Å². The summed E-state index contributed by atoms with van der Waals surface area (Å²) in [5.41, 5.74) is 1.74. The molecule has 1 saturated heterocycles. The van der Waals surface area contributed by atoms with Crippen molar-refractivity contribution in [1.29, 1.82) is 0 Å². The van der Waals surface area contributed by atoms with Crippen molar-refractivity contribution in [3.05, 3.63) is 59.7 Å².